The number of Topliss-reactive ketones (excluding diaryl/α,β-unsaturated/α-hetero) is 1. The van der Waals surface area contributed by atoms with Gasteiger partial charge in [-0.3, -0.25) is 4.79 Å². The van der Waals surface area contributed by atoms with Gasteiger partial charge in [0.1, 0.15) is 5.75 Å². The molecule has 2 rings (SSSR count). The van der Waals surface area contributed by atoms with Gasteiger partial charge in [0.25, 0.3) is 0 Å². The van der Waals surface area contributed by atoms with Crippen LogP contribution >= 0.6 is 0 Å². The topological polar surface area (TPSA) is 26.3 Å². The van der Waals surface area contributed by atoms with Crippen molar-refractivity contribution in [2.75, 3.05) is 6.61 Å². The maximum atomic E-state index is 11.8. The second-order valence-electron chi connectivity index (χ2n) is 4.36. The van der Waals surface area contributed by atoms with E-state index >= 15 is 0 Å². The summed E-state index contributed by atoms with van der Waals surface area (Å²) in [4.78, 5) is 11.8. The first-order valence-corrected chi connectivity index (χ1v) is 6.60. The average Bonchev–Trinajstić information content (AvgIpc) is 2.48. The molecule has 0 atom stereocenters. The Morgan fingerprint density at radius 1 is 1.00 bits per heavy atom. The molecule has 0 aliphatic heterocycles. The van der Waals surface area contributed by atoms with Crippen molar-refractivity contribution < 1.29 is 9.53 Å². The molecule has 0 radical (unpaired) electrons. The number of carbonyl (C=O) groups is 1. The van der Waals surface area contributed by atoms with Crippen LogP contribution in [0.4, 0.5) is 0 Å². The minimum absolute atomic E-state index is 0.121. The number of rotatable bonds is 6. The van der Waals surface area contributed by atoms with Crippen LogP contribution in [0.3, 0.4) is 0 Å². The molecular weight excluding hydrogens is 236 g/mol. The van der Waals surface area contributed by atoms with Gasteiger partial charge in [0.05, 0.1) is 12.2 Å². The van der Waals surface area contributed by atoms with E-state index in [1.165, 1.54) is 5.56 Å². The molecule has 2 nitrogen and oxygen atoms in total. The fourth-order valence-corrected chi connectivity index (χ4v) is 1.94. The van der Waals surface area contributed by atoms with Crippen LogP contribution in [0.25, 0.3) is 0 Å². The number of carbonyl (C=O) groups excluding carboxylic acids is 1. The highest BCUT2D eigenvalue weighted by molar-refractivity contribution is 5.98. The van der Waals surface area contributed by atoms with E-state index in [1.54, 1.807) is 0 Å². The molecule has 0 heterocycles. The number of benzene rings is 2. The van der Waals surface area contributed by atoms with Gasteiger partial charge in [-0.15, -0.1) is 0 Å². The zero-order valence-electron chi connectivity index (χ0n) is 11.1. The Labute approximate surface area is 114 Å². The summed E-state index contributed by atoms with van der Waals surface area (Å²) in [5.41, 5.74) is 1.92. The van der Waals surface area contributed by atoms with Crippen LogP contribution < -0.4 is 4.74 Å². The Balaban J connectivity index is 1.98. The molecule has 2 aromatic carbocycles. The Morgan fingerprint density at radius 2 is 1.68 bits per heavy atom. The fraction of sp³-hybridized carbons (Fsp3) is 0.235. The van der Waals surface area contributed by atoms with Gasteiger partial charge >= 0.3 is 0 Å². The Morgan fingerprint density at radius 3 is 2.42 bits per heavy atom. The third-order valence-corrected chi connectivity index (χ3v) is 3.00. The van der Waals surface area contributed by atoms with Crippen LogP contribution in [0.15, 0.2) is 54.6 Å². The third-order valence-electron chi connectivity index (χ3n) is 3.00. The van der Waals surface area contributed by atoms with Gasteiger partial charge in [-0.25, -0.2) is 0 Å². The lowest BCUT2D eigenvalue weighted by atomic mass is 10.1. The lowest BCUT2D eigenvalue weighted by Gasteiger charge is -2.10. The maximum absolute atomic E-state index is 11.8. The summed E-state index contributed by atoms with van der Waals surface area (Å²) in [6, 6.07) is 17.6. The molecule has 0 N–H and O–H groups in total. The van der Waals surface area contributed by atoms with E-state index < -0.39 is 0 Å². The van der Waals surface area contributed by atoms with E-state index in [4.69, 9.17) is 4.74 Å². The lowest BCUT2D eigenvalue weighted by molar-refractivity contribution is 0.0984. The van der Waals surface area contributed by atoms with Crippen molar-refractivity contribution in [2.45, 2.75) is 19.8 Å². The smallest absolute Gasteiger partial charge is 0.166 e. The van der Waals surface area contributed by atoms with Gasteiger partial charge in [0, 0.05) is 12.8 Å². The number of ether oxygens (including phenoxy) is 1. The Bertz CT molecular complexity index is 532. The number of hydrogen-bond acceptors (Lipinski definition) is 2. The van der Waals surface area contributed by atoms with Crippen LogP contribution in [0, 0.1) is 0 Å². The molecule has 0 aliphatic rings. The van der Waals surface area contributed by atoms with E-state index in [0.717, 1.165) is 6.42 Å². The normalized spacial score (nSPS) is 10.2. The molecule has 0 aromatic heterocycles. The van der Waals surface area contributed by atoms with E-state index in [2.05, 4.69) is 12.1 Å². The molecule has 0 amide bonds. The monoisotopic (exact) mass is 254 g/mol. The van der Waals surface area contributed by atoms with Crippen molar-refractivity contribution in [3.63, 3.8) is 0 Å². The van der Waals surface area contributed by atoms with Gasteiger partial charge in [0.15, 0.2) is 5.78 Å². The molecule has 2 aromatic rings. The predicted octanol–water partition coefficient (Wildman–Crippen LogP) is 3.90. The molecule has 0 saturated carbocycles. The van der Waals surface area contributed by atoms with Crippen molar-refractivity contribution in [1.29, 1.82) is 0 Å². The summed E-state index contributed by atoms with van der Waals surface area (Å²) in [7, 11) is 0. The first kappa shape index (κ1) is 13.3. The summed E-state index contributed by atoms with van der Waals surface area (Å²) in [5.74, 6) is 0.806. The van der Waals surface area contributed by atoms with Crippen LogP contribution in [0.5, 0.6) is 5.75 Å². The van der Waals surface area contributed by atoms with Crippen LogP contribution in [-0.2, 0) is 6.42 Å². The Kier molecular flexibility index (Phi) is 4.73. The second-order valence-corrected chi connectivity index (χ2v) is 4.36. The highest BCUT2D eigenvalue weighted by Crippen LogP contribution is 2.19. The van der Waals surface area contributed by atoms with E-state index in [-0.39, 0.29) is 5.78 Å². The van der Waals surface area contributed by atoms with Gasteiger partial charge in [0.2, 0.25) is 0 Å². The fourth-order valence-electron chi connectivity index (χ4n) is 1.94. The first-order valence-electron chi connectivity index (χ1n) is 6.60. The molecule has 2 heteroatoms. The molecule has 0 saturated heterocycles. The molecular formula is C17H18O2. The molecule has 0 aliphatic carbocycles. The van der Waals surface area contributed by atoms with E-state index in [1.807, 2.05) is 49.4 Å². The zero-order chi connectivity index (χ0) is 13.5. The predicted molar refractivity (Wildman–Crippen MR) is 76.7 cm³/mol. The summed E-state index contributed by atoms with van der Waals surface area (Å²) in [5, 5.41) is 0. The highest BCUT2D eigenvalue weighted by atomic mass is 16.5. The van der Waals surface area contributed by atoms with Gasteiger partial charge in [-0.1, -0.05) is 49.4 Å². The maximum Gasteiger partial charge on any atom is 0.166 e. The molecule has 0 bridgehead atoms. The standard InChI is InChI=1S/C17H18O2/c1-2-16(18)15-10-6-7-11-17(15)19-13-12-14-8-4-3-5-9-14/h3-11H,2,12-13H2,1H3. The van der Waals surface area contributed by atoms with Gasteiger partial charge in [-0.05, 0) is 17.7 Å². The van der Waals surface area contributed by atoms with Crippen LogP contribution in [-0.4, -0.2) is 12.4 Å². The lowest BCUT2D eigenvalue weighted by Crippen LogP contribution is -2.06. The van der Waals surface area contributed by atoms with Crippen molar-refractivity contribution in [1.82, 2.24) is 0 Å². The largest absolute Gasteiger partial charge is 0.492 e. The average molecular weight is 254 g/mol. The minimum atomic E-state index is 0.121. The number of para-hydroxylation sites is 1. The quantitative estimate of drug-likeness (QED) is 0.731. The SMILES string of the molecule is CCC(=O)c1ccccc1OCCc1ccccc1. The summed E-state index contributed by atoms with van der Waals surface area (Å²) in [6.45, 7) is 2.45. The second kappa shape index (κ2) is 6.74. The molecule has 0 spiro atoms. The van der Waals surface area contributed by atoms with E-state index in [0.29, 0.717) is 24.3 Å². The van der Waals surface area contributed by atoms with Gasteiger partial charge < -0.3 is 4.74 Å². The van der Waals surface area contributed by atoms with Gasteiger partial charge in [-0.2, -0.15) is 0 Å². The van der Waals surface area contributed by atoms with Crippen molar-refractivity contribution in [2.24, 2.45) is 0 Å². The van der Waals surface area contributed by atoms with Crippen molar-refractivity contribution >= 4 is 5.78 Å². The third kappa shape index (κ3) is 3.68. The van der Waals surface area contributed by atoms with Crippen molar-refractivity contribution in [3.05, 3.63) is 65.7 Å². The summed E-state index contributed by atoms with van der Waals surface area (Å²) < 4.78 is 5.74. The molecule has 98 valence electrons. The minimum Gasteiger partial charge on any atom is -0.492 e. The molecule has 19 heavy (non-hydrogen) atoms. The Hall–Kier alpha value is -2.09. The zero-order valence-corrected chi connectivity index (χ0v) is 11.1. The van der Waals surface area contributed by atoms with E-state index in [9.17, 15) is 4.79 Å². The number of hydrogen-bond donors (Lipinski definition) is 0. The highest BCUT2D eigenvalue weighted by Gasteiger charge is 2.09. The molecule has 0 fully saturated rings. The first-order chi connectivity index (χ1) is 9.31. The summed E-state index contributed by atoms with van der Waals surface area (Å²) in [6.07, 6.45) is 1.34. The van der Waals surface area contributed by atoms with Crippen LogP contribution in [0.1, 0.15) is 29.3 Å². The molecule has 0 unspecified atom stereocenters. The van der Waals surface area contributed by atoms with Crippen LogP contribution in [0.2, 0.25) is 0 Å². The van der Waals surface area contributed by atoms with Crippen molar-refractivity contribution in [3.8, 4) is 5.75 Å². The summed E-state index contributed by atoms with van der Waals surface area (Å²) >= 11 is 0. The number of ketones is 1.